The molecule has 0 spiro atoms. The standard InChI is InChI=1S/C30H54O17/c1-2-3-4-5-6-7-8-9-10-11-20(34)42-14-19-23(37)26(40)29(15-33,46-19)43-16-30(27(41)22(36)18(13-32)45-30)47-28-25(39)24(38)21(35)17(12-31)44-28/h17-19,21-28,31-33,35-41H,2-16H2,1H3/t17-,18-,19-,21-,22-,23-,24+,25-,26+,27+,28-,29-,30+/m1/s1. The number of esters is 1. The first kappa shape index (κ1) is 40.3. The number of hydrogen-bond donors (Lipinski definition) is 10. The summed E-state index contributed by atoms with van der Waals surface area (Å²) in [4.78, 5) is 12.3. The third kappa shape index (κ3) is 9.77. The minimum Gasteiger partial charge on any atom is -0.463 e. The summed E-state index contributed by atoms with van der Waals surface area (Å²) in [5.74, 6) is -5.47. The predicted molar refractivity (Wildman–Crippen MR) is 157 cm³/mol. The molecule has 0 aromatic rings. The second-order valence-corrected chi connectivity index (χ2v) is 12.5. The summed E-state index contributed by atoms with van der Waals surface area (Å²) in [7, 11) is 0. The van der Waals surface area contributed by atoms with Gasteiger partial charge in [-0.1, -0.05) is 58.3 Å². The van der Waals surface area contributed by atoms with E-state index in [1.807, 2.05) is 0 Å². The molecule has 3 heterocycles. The molecule has 0 aromatic heterocycles. The van der Waals surface area contributed by atoms with Gasteiger partial charge in [-0.25, -0.2) is 0 Å². The fourth-order valence-corrected chi connectivity index (χ4v) is 5.95. The van der Waals surface area contributed by atoms with E-state index in [0.717, 1.165) is 25.7 Å². The van der Waals surface area contributed by atoms with E-state index in [4.69, 9.17) is 28.4 Å². The lowest BCUT2D eigenvalue weighted by Gasteiger charge is -2.44. The van der Waals surface area contributed by atoms with Gasteiger partial charge < -0.3 is 79.5 Å². The van der Waals surface area contributed by atoms with Crippen LogP contribution in [0.2, 0.25) is 0 Å². The van der Waals surface area contributed by atoms with Crippen LogP contribution in [0.4, 0.5) is 0 Å². The van der Waals surface area contributed by atoms with Crippen molar-refractivity contribution in [2.24, 2.45) is 0 Å². The zero-order valence-electron chi connectivity index (χ0n) is 26.8. The van der Waals surface area contributed by atoms with Crippen molar-refractivity contribution in [2.75, 3.05) is 33.0 Å². The molecule has 0 amide bonds. The van der Waals surface area contributed by atoms with E-state index in [0.29, 0.717) is 6.42 Å². The molecule has 0 aliphatic carbocycles. The Morgan fingerprint density at radius 1 is 0.660 bits per heavy atom. The summed E-state index contributed by atoms with van der Waals surface area (Å²) in [6.45, 7) is -2.04. The Kier molecular flexibility index (Phi) is 16.1. The normalized spacial score (nSPS) is 40.6. The smallest absolute Gasteiger partial charge is 0.305 e. The van der Waals surface area contributed by atoms with E-state index in [1.165, 1.54) is 25.7 Å². The summed E-state index contributed by atoms with van der Waals surface area (Å²) in [5.41, 5.74) is 0. The average molecular weight is 687 g/mol. The number of aliphatic hydroxyl groups is 10. The summed E-state index contributed by atoms with van der Waals surface area (Å²) in [6, 6.07) is 0. The van der Waals surface area contributed by atoms with Crippen LogP contribution in [0.25, 0.3) is 0 Å². The number of aliphatic hydroxyl groups excluding tert-OH is 10. The molecule has 276 valence electrons. The summed E-state index contributed by atoms with van der Waals surface area (Å²) in [6.07, 6.45) is -9.49. The van der Waals surface area contributed by atoms with E-state index < -0.39 is 118 Å². The van der Waals surface area contributed by atoms with Crippen molar-refractivity contribution >= 4 is 5.97 Å². The van der Waals surface area contributed by atoms with E-state index in [2.05, 4.69) is 6.92 Å². The zero-order chi connectivity index (χ0) is 34.8. The Morgan fingerprint density at radius 2 is 1.21 bits per heavy atom. The Bertz CT molecular complexity index is 927. The second-order valence-electron chi connectivity index (χ2n) is 12.5. The van der Waals surface area contributed by atoms with Crippen molar-refractivity contribution < 1.29 is 84.3 Å². The van der Waals surface area contributed by atoms with Gasteiger partial charge in [0.1, 0.15) is 80.9 Å². The molecule has 0 unspecified atom stereocenters. The Morgan fingerprint density at radius 3 is 1.79 bits per heavy atom. The van der Waals surface area contributed by atoms with Gasteiger partial charge in [0.25, 0.3) is 0 Å². The first-order valence-electron chi connectivity index (χ1n) is 16.5. The highest BCUT2D eigenvalue weighted by atomic mass is 16.8. The third-order valence-electron chi connectivity index (χ3n) is 8.99. The SMILES string of the molecule is CCCCCCCCCCCC(=O)OC[C@H]1O[C@@](CO)(OC[C@@]2(O[C@H]3O[C@H](CO)[C@@H](O)[C@H](O)[C@H]3O)O[C@H](CO)[C@@H](O)[C@@H]2O)[C@@H](O)[C@@H]1O. The number of carbonyl (C=O) groups excluding carboxylic acids is 1. The highest BCUT2D eigenvalue weighted by molar-refractivity contribution is 5.69. The fourth-order valence-electron chi connectivity index (χ4n) is 5.95. The first-order chi connectivity index (χ1) is 22.4. The van der Waals surface area contributed by atoms with Gasteiger partial charge >= 0.3 is 5.97 Å². The molecule has 3 rings (SSSR count). The molecular formula is C30H54O17. The van der Waals surface area contributed by atoms with Gasteiger partial charge in [0, 0.05) is 6.42 Å². The van der Waals surface area contributed by atoms with Crippen LogP contribution in [0.15, 0.2) is 0 Å². The van der Waals surface area contributed by atoms with Gasteiger partial charge in [-0.15, -0.1) is 0 Å². The summed E-state index contributed by atoms with van der Waals surface area (Å²) in [5, 5.41) is 103. The van der Waals surface area contributed by atoms with Gasteiger partial charge in [0.05, 0.1) is 13.2 Å². The number of hydrogen-bond acceptors (Lipinski definition) is 17. The van der Waals surface area contributed by atoms with Crippen LogP contribution in [-0.2, 0) is 33.2 Å². The van der Waals surface area contributed by atoms with Gasteiger partial charge in [-0.3, -0.25) is 4.79 Å². The molecule has 0 saturated carbocycles. The topological polar surface area (TPSA) is 275 Å². The lowest BCUT2D eigenvalue weighted by molar-refractivity contribution is -0.399. The Hall–Kier alpha value is -1.13. The van der Waals surface area contributed by atoms with Crippen molar-refractivity contribution in [2.45, 2.75) is 150 Å². The molecule has 3 aliphatic rings. The van der Waals surface area contributed by atoms with Gasteiger partial charge in [0.15, 0.2) is 6.29 Å². The molecule has 3 aliphatic heterocycles. The van der Waals surface area contributed by atoms with E-state index in [1.54, 1.807) is 0 Å². The van der Waals surface area contributed by atoms with Crippen LogP contribution in [0.1, 0.15) is 71.1 Å². The van der Waals surface area contributed by atoms with Crippen molar-refractivity contribution in [3.8, 4) is 0 Å². The minimum atomic E-state index is -2.53. The van der Waals surface area contributed by atoms with E-state index in [-0.39, 0.29) is 6.42 Å². The largest absolute Gasteiger partial charge is 0.463 e. The van der Waals surface area contributed by atoms with Crippen molar-refractivity contribution in [3.05, 3.63) is 0 Å². The average Bonchev–Trinajstić information content (AvgIpc) is 3.46. The molecule has 0 bridgehead atoms. The number of rotatable bonds is 20. The lowest BCUT2D eigenvalue weighted by Crippen LogP contribution is -2.63. The van der Waals surface area contributed by atoms with Crippen LogP contribution >= 0.6 is 0 Å². The van der Waals surface area contributed by atoms with E-state index >= 15 is 0 Å². The van der Waals surface area contributed by atoms with E-state index in [9.17, 15) is 55.9 Å². The molecular weight excluding hydrogens is 632 g/mol. The van der Waals surface area contributed by atoms with Gasteiger partial charge in [-0.05, 0) is 6.42 Å². The van der Waals surface area contributed by atoms with Gasteiger partial charge in [-0.2, -0.15) is 0 Å². The quantitative estimate of drug-likeness (QED) is 0.0449. The molecule has 3 saturated heterocycles. The van der Waals surface area contributed by atoms with Crippen LogP contribution in [0, 0.1) is 0 Å². The molecule has 3 fully saturated rings. The number of ether oxygens (including phenoxy) is 6. The van der Waals surface area contributed by atoms with Crippen LogP contribution in [0.5, 0.6) is 0 Å². The van der Waals surface area contributed by atoms with Crippen molar-refractivity contribution in [1.82, 2.24) is 0 Å². The van der Waals surface area contributed by atoms with Crippen LogP contribution in [-0.4, -0.2) is 169 Å². The van der Waals surface area contributed by atoms with Crippen molar-refractivity contribution in [1.29, 1.82) is 0 Å². The second kappa shape index (κ2) is 18.7. The Balaban J connectivity index is 1.60. The monoisotopic (exact) mass is 686 g/mol. The molecule has 47 heavy (non-hydrogen) atoms. The van der Waals surface area contributed by atoms with Crippen LogP contribution in [0.3, 0.4) is 0 Å². The highest BCUT2D eigenvalue weighted by Gasteiger charge is 2.62. The lowest BCUT2D eigenvalue weighted by atomic mass is 9.99. The molecule has 0 aromatic carbocycles. The predicted octanol–water partition coefficient (Wildman–Crippen LogP) is -3.10. The summed E-state index contributed by atoms with van der Waals surface area (Å²) < 4.78 is 33.0. The highest BCUT2D eigenvalue weighted by Crippen LogP contribution is 2.40. The number of unbranched alkanes of at least 4 members (excludes halogenated alkanes) is 8. The third-order valence-corrected chi connectivity index (χ3v) is 8.99. The Labute approximate surface area is 273 Å². The molecule has 10 N–H and O–H groups in total. The molecule has 17 nitrogen and oxygen atoms in total. The maximum absolute atomic E-state index is 12.3. The van der Waals surface area contributed by atoms with Crippen molar-refractivity contribution in [3.63, 3.8) is 0 Å². The zero-order valence-corrected chi connectivity index (χ0v) is 26.8. The maximum Gasteiger partial charge on any atom is 0.305 e. The van der Waals surface area contributed by atoms with Gasteiger partial charge in [0.2, 0.25) is 11.6 Å². The first-order valence-corrected chi connectivity index (χ1v) is 16.5. The fraction of sp³-hybridized carbons (Fsp3) is 0.967. The maximum atomic E-state index is 12.3. The molecule has 13 atom stereocenters. The summed E-state index contributed by atoms with van der Waals surface area (Å²) >= 11 is 0. The molecule has 0 radical (unpaired) electrons. The minimum absolute atomic E-state index is 0.143. The number of carbonyl (C=O) groups is 1. The van der Waals surface area contributed by atoms with Crippen LogP contribution < -0.4 is 0 Å². The molecule has 17 heteroatoms.